The second kappa shape index (κ2) is 3.56. The van der Waals surface area contributed by atoms with E-state index in [1.807, 2.05) is 0 Å². The van der Waals surface area contributed by atoms with Crippen molar-refractivity contribution in [2.24, 2.45) is 5.73 Å². The number of hydrogen-bond acceptors (Lipinski definition) is 2. The van der Waals surface area contributed by atoms with Crippen LogP contribution in [-0.2, 0) is 4.79 Å². The third-order valence-electron chi connectivity index (χ3n) is 1.43. The highest BCUT2D eigenvalue weighted by atomic mass is 35.5. The average molecular weight is 186 g/mol. The lowest BCUT2D eigenvalue weighted by Crippen LogP contribution is -2.20. The molecule has 0 bridgehead atoms. The van der Waals surface area contributed by atoms with Crippen LogP contribution in [0.2, 0.25) is 5.02 Å². The van der Waals surface area contributed by atoms with Crippen LogP contribution in [-0.4, -0.2) is 11.0 Å². The van der Waals surface area contributed by atoms with Crippen molar-refractivity contribution in [3.63, 3.8) is 0 Å². The number of halogens is 1. The summed E-state index contributed by atoms with van der Waals surface area (Å²) in [7, 11) is 0. The molecular formula is C8H8ClNO2. The Morgan fingerprint density at radius 3 is 2.75 bits per heavy atom. The highest BCUT2D eigenvalue weighted by Gasteiger charge is 2.12. The van der Waals surface area contributed by atoms with Gasteiger partial charge in [0.2, 0.25) is 0 Å². The average Bonchev–Trinajstić information content (AvgIpc) is 2.03. The molecule has 0 aromatic heterocycles. The van der Waals surface area contributed by atoms with Gasteiger partial charge in [0.15, 0.2) is 6.10 Å². The maximum atomic E-state index is 10.5. The molecule has 0 unspecified atom stereocenters. The van der Waals surface area contributed by atoms with Crippen LogP contribution in [0.3, 0.4) is 0 Å². The van der Waals surface area contributed by atoms with Crippen LogP contribution in [0.15, 0.2) is 24.3 Å². The van der Waals surface area contributed by atoms with Gasteiger partial charge in [-0.05, 0) is 17.7 Å². The van der Waals surface area contributed by atoms with E-state index in [1.54, 1.807) is 18.2 Å². The molecular weight excluding hydrogens is 178 g/mol. The summed E-state index contributed by atoms with van der Waals surface area (Å²) in [5.74, 6) is -0.780. The first-order valence-electron chi connectivity index (χ1n) is 3.34. The van der Waals surface area contributed by atoms with Crippen LogP contribution in [0.1, 0.15) is 11.7 Å². The quantitative estimate of drug-likeness (QED) is 0.718. The van der Waals surface area contributed by atoms with E-state index in [1.165, 1.54) is 6.07 Å². The van der Waals surface area contributed by atoms with Crippen LogP contribution in [0.5, 0.6) is 0 Å². The Labute approximate surface area is 74.8 Å². The molecule has 3 N–H and O–H groups in total. The molecule has 0 heterocycles. The number of aliphatic hydroxyl groups excluding tert-OH is 1. The minimum absolute atomic E-state index is 0.412. The first-order chi connectivity index (χ1) is 5.61. The molecule has 1 aromatic carbocycles. The molecule has 0 saturated heterocycles. The minimum Gasteiger partial charge on any atom is -0.378 e. The number of nitrogens with two attached hydrogens (primary N) is 1. The third kappa shape index (κ3) is 1.96. The van der Waals surface area contributed by atoms with Crippen LogP contribution in [0.25, 0.3) is 0 Å². The van der Waals surface area contributed by atoms with Crippen molar-refractivity contribution < 1.29 is 9.90 Å². The molecule has 0 fully saturated rings. The predicted molar refractivity (Wildman–Crippen MR) is 45.6 cm³/mol. The zero-order chi connectivity index (χ0) is 9.14. The molecule has 1 aromatic rings. The van der Waals surface area contributed by atoms with Crippen molar-refractivity contribution in [2.45, 2.75) is 6.10 Å². The zero-order valence-corrected chi connectivity index (χ0v) is 6.95. The first-order valence-corrected chi connectivity index (χ1v) is 3.72. The smallest absolute Gasteiger partial charge is 0.250 e. The number of carbonyl (C=O) groups excluding carboxylic acids is 1. The van der Waals surface area contributed by atoms with Crippen molar-refractivity contribution in [2.75, 3.05) is 0 Å². The van der Waals surface area contributed by atoms with Gasteiger partial charge in [-0.1, -0.05) is 23.7 Å². The number of hydrogen-bond donors (Lipinski definition) is 2. The molecule has 0 saturated carbocycles. The Morgan fingerprint density at radius 1 is 1.58 bits per heavy atom. The van der Waals surface area contributed by atoms with E-state index in [4.69, 9.17) is 17.3 Å². The van der Waals surface area contributed by atoms with Gasteiger partial charge in [0.05, 0.1) is 0 Å². The summed E-state index contributed by atoms with van der Waals surface area (Å²) in [6, 6.07) is 6.38. The van der Waals surface area contributed by atoms with E-state index < -0.39 is 12.0 Å². The normalized spacial score (nSPS) is 12.5. The fourth-order valence-electron chi connectivity index (χ4n) is 0.841. The second-order valence-electron chi connectivity index (χ2n) is 2.36. The van der Waals surface area contributed by atoms with E-state index in [0.29, 0.717) is 10.6 Å². The van der Waals surface area contributed by atoms with E-state index in [-0.39, 0.29) is 0 Å². The molecule has 4 heteroatoms. The molecule has 0 aliphatic rings. The molecule has 0 aliphatic carbocycles. The fourth-order valence-corrected chi connectivity index (χ4v) is 1.04. The van der Waals surface area contributed by atoms with Crippen LogP contribution in [0.4, 0.5) is 0 Å². The summed E-state index contributed by atoms with van der Waals surface area (Å²) >= 11 is 5.63. The molecule has 0 aliphatic heterocycles. The molecule has 0 spiro atoms. The highest BCUT2D eigenvalue weighted by molar-refractivity contribution is 6.30. The van der Waals surface area contributed by atoms with Gasteiger partial charge < -0.3 is 10.8 Å². The molecule has 64 valence electrons. The highest BCUT2D eigenvalue weighted by Crippen LogP contribution is 2.16. The fraction of sp³-hybridized carbons (Fsp3) is 0.125. The van der Waals surface area contributed by atoms with Crippen molar-refractivity contribution in [3.05, 3.63) is 34.9 Å². The molecule has 12 heavy (non-hydrogen) atoms. The topological polar surface area (TPSA) is 63.3 Å². The number of aliphatic hydroxyl groups is 1. The SMILES string of the molecule is NC(=O)[C@H](O)c1cccc(Cl)c1. The summed E-state index contributed by atoms with van der Waals surface area (Å²) in [6.07, 6.45) is -1.27. The van der Waals surface area contributed by atoms with Crippen molar-refractivity contribution in [1.29, 1.82) is 0 Å². The van der Waals surface area contributed by atoms with Crippen LogP contribution >= 0.6 is 11.6 Å². The summed E-state index contributed by atoms with van der Waals surface area (Å²) in [5, 5.41) is 9.65. The van der Waals surface area contributed by atoms with Gasteiger partial charge >= 0.3 is 0 Å². The second-order valence-corrected chi connectivity index (χ2v) is 2.80. The van der Waals surface area contributed by atoms with Gasteiger partial charge in [-0.25, -0.2) is 0 Å². The van der Waals surface area contributed by atoms with Gasteiger partial charge in [-0.3, -0.25) is 4.79 Å². The maximum absolute atomic E-state index is 10.5. The Balaban J connectivity index is 2.95. The summed E-state index contributed by atoms with van der Waals surface area (Å²) in [4.78, 5) is 10.5. The lowest BCUT2D eigenvalue weighted by molar-refractivity contribution is -0.126. The number of primary amides is 1. The maximum Gasteiger partial charge on any atom is 0.250 e. The Morgan fingerprint density at radius 2 is 2.25 bits per heavy atom. The monoisotopic (exact) mass is 185 g/mol. The Kier molecular flexibility index (Phi) is 2.68. The summed E-state index contributed by atoms with van der Waals surface area (Å²) < 4.78 is 0. The third-order valence-corrected chi connectivity index (χ3v) is 1.67. The molecule has 1 atom stereocenters. The van der Waals surface area contributed by atoms with E-state index in [9.17, 15) is 9.90 Å². The first kappa shape index (κ1) is 9.03. The number of carbonyl (C=O) groups is 1. The van der Waals surface area contributed by atoms with Gasteiger partial charge in [0, 0.05) is 5.02 Å². The predicted octanol–water partition coefficient (Wildman–Crippen LogP) is 0.859. The van der Waals surface area contributed by atoms with Crippen LogP contribution in [0, 0.1) is 0 Å². The summed E-state index contributed by atoms with van der Waals surface area (Å²) in [6.45, 7) is 0. The van der Waals surface area contributed by atoms with Gasteiger partial charge in [0.1, 0.15) is 0 Å². The Hall–Kier alpha value is -1.06. The number of benzene rings is 1. The lowest BCUT2D eigenvalue weighted by atomic mass is 10.1. The van der Waals surface area contributed by atoms with Crippen molar-refractivity contribution >= 4 is 17.5 Å². The van der Waals surface area contributed by atoms with Gasteiger partial charge in [0.25, 0.3) is 5.91 Å². The van der Waals surface area contributed by atoms with E-state index >= 15 is 0 Å². The van der Waals surface area contributed by atoms with E-state index in [0.717, 1.165) is 0 Å². The standard InChI is InChI=1S/C8H8ClNO2/c9-6-3-1-2-5(4-6)7(11)8(10)12/h1-4,7,11H,(H2,10,12)/t7-/m1/s1. The summed E-state index contributed by atoms with van der Waals surface area (Å²) in [5.41, 5.74) is 5.30. The molecule has 3 nitrogen and oxygen atoms in total. The Bertz CT molecular complexity index is 301. The molecule has 0 radical (unpaired) electrons. The van der Waals surface area contributed by atoms with Crippen molar-refractivity contribution in [3.8, 4) is 0 Å². The molecule has 1 amide bonds. The van der Waals surface area contributed by atoms with Gasteiger partial charge in [-0.2, -0.15) is 0 Å². The number of rotatable bonds is 2. The minimum atomic E-state index is -1.27. The largest absolute Gasteiger partial charge is 0.378 e. The number of amides is 1. The van der Waals surface area contributed by atoms with Crippen LogP contribution < -0.4 is 5.73 Å². The zero-order valence-electron chi connectivity index (χ0n) is 6.20. The van der Waals surface area contributed by atoms with E-state index in [2.05, 4.69) is 0 Å². The van der Waals surface area contributed by atoms with Gasteiger partial charge in [-0.15, -0.1) is 0 Å². The lowest BCUT2D eigenvalue weighted by Gasteiger charge is -2.05. The molecule has 1 rings (SSSR count). The van der Waals surface area contributed by atoms with Crippen molar-refractivity contribution in [1.82, 2.24) is 0 Å².